The molecule has 1 aromatic carbocycles. The molecule has 0 bridgehead atoms. The third-order valence-electron chi connectivity index (χ3n) is 2.72. The highest BCUT2D eigenvalue weighted by atomic mass is 16.1. The minimum Gasteiger partial charge on any atom is -0.269 e. The maximum absolute atomic E-state index is 11.8. The van der Waals surface area contributed by atoms with E-state index in [2.05, 4.69) is 10.2 Å². The third-order valence-corrected chi connectivity index (χ3v) is 2.72. The number of aromatic amines is 1. The van der Waals surface area contributed by atoms with Crippen molar-refractivity contribution in [1.82, 2.24) is 14.6 Å². The van der Waals surface area contributed by atoms with Crippen LogP contribution in [0.2, 0.25) is 0 Å². The fraction of sp³-hybridized carbons (Fsp3) is 0.0769. The van der Waals surface area contributed by atoms with Crippen LogP contribution in [-0.2, 0) is 0 Å². The predicted molar refractivity (Wildman–Crippen MR) is 66.0 cm³/mol. The quantitative estimate of drug-likeness (QED) is 0.688. The van der Waals surface area contributed by atoms with Crippen molar-refractivity contribution in [2.24, 2.45) is 0 Å². The van der Waals surface area contributed by atoms with Gasteiger partial charge in [-0.05, 0) is 19.1 Å². The van der Waals surface area contributed by atoms with E-state index in [0.717, 1.165) is 11.1 Å². The van der Waals surface area contributed by atoms with Crippen LogP contribution in [0.4, 0.5) is 0 Å². The second-order valence-electron chi connectivity index (χ2n) is 4.00. The number of aryl methyl sites for hydroxylation is 1. The summed E-state index contributed by atoms with van der Waals surface area (Å²) in [5.41, 5.74) is 2.70. The molecule has 0 atom stereocenters. The van der Waals surface area contributed by atoms with Crippen molar-refractivity contribution in [3.05, 3.63) is 58.4 Å². The average molecular weight is 225 g/mol. The van der Waals surface area contributed by atoms with E-state index in [1.807, 2.05) is 37.3 Å². The Morgan fingerprint density at radius 3 is 2.82 bits per heavy atom. The fourth-order valence-electron chi connectivity index (χ4n) is 1.93. The average Bonchev–Trinajstić information content (AvgIpc) is 2.74. The number of hydrogen-bond acceptors (Lipinski definition) is 2. The van der Waals surface area contributed by atoms with Crippen LogP contribution in [0, 0.1) is 6.92 Å². The van der Waals surface area contributed by atoms with Crippen LogP contribution < -0.4 is 5.56 Å². The number of aromatic nitrogens is 3. The van der Waals surface area contributed by atoms with Gasteiger partial charge in [-0.3, -0.25) is 9.89 Å². The lowest BCUT2D eigenvalue weighted by atomic mass is 10.1. The number of hydrogen-bond donors (Lipinski definition) is 1. The van der Waals surface area contributed by atoms with E-state index in [9.17, 15) is 4.79 Å². The van der Waals surface area contributed by atoms with Gasteiger partial charge in [-0.15, -0.1) is 0 Å². The van der Waals surface area contributed by atoms with Gasteiger partial charge in [0.1, 0.15) is 5.65 Å². The Morgan fingerprint density at radius 1 is 1.18 bits per heavy atom. The number of rotatable bonds is 1. The number of fused-ring (bicyclic) bond motifs is 1. The summed E-state index contributed by atoms with van der Waals surface area (Å²) in [4.78, 5) is 11.8. The molecule has 4 heteroatoms. The van der Waals surface area contributed by atoms with Crippen LogP contribution in [0.1, 0.15) is 5.56 Å². The summed E-state index contributed by atoms with van der Waals surface area (Å²) in [6.07, 6.45) is 0. The summed E-state index contributed by atoms with van der Waals surface area (Å²) in [7, 11) is 0. The van der Waals surface area contributed by atoms with E-state index in [4.69, 9.17) is 0 Å². The summed E-state index contributed by atoms with van der Waals surface area (Å²) in [6, 6.07) is 13.0. The van der Waals surface area contributed by atoms with Crippen molar-refractivity contribution >= 4 is 5.65 Å². The molecule has 3 aromatic rings. The first-order valence-electron chi connectivity index (χ1n) is 5.39. The topological polar surface area (TPSA) is 50.2 Å². The molecule has 0 saturated heterocycles. The van der Waals surface area contributed by atoms with E-state index in [1.165, 1.54) is 6.07 Å². The monoisotopic (exact) mass is 225 g/mol. The Morgan fingerprint density at radius 2 is 2.00 bits per heavy atom. The van der Waals surface area contributed by atoms with Crippen molar-refractivity contribution in [2.45, 2.75) is 6.92 Å². The van der Waals surface area contributed by atoms with Crippen molar-refractivity contribution in [3.8, 4) is 11.4 Å². The summed E-state index contributed by atoms with van der Waals surface area (Å²) in [5, 5.41) is 7.07. The van der Waals surface area contributed by atoms with Crippen molar-refractivity contribution in [3.63, 3.8) is 0 Å². The molecule has 4 nitrogen and oxygen atoms in total. The summed E-state index contributed by atoms with van der Waals surface area (Å²) >= 11 is 0. The SMILES string of the molecule is Cc1cccc(-c2n[nH]c3cccc(=O)n23)c1. The molecule has 0 unspecified atom stereocenters. The zero-order valence-electron chi connectivity index (χ0n) is 9.34. The first kappa shape index (κ1) is 9.84. The Balaban J connectivity index is 2.35. The number of pyridine rings is 1. The highest BCUT2D eigenvalue weighted by Crippen LogP contribution is 2.17. The van der Waals surface area contributed by atoms with Crippen molar-refractivity contribution in [1.29, 1.82) is 0 Å². The molecule has 84 valence electrons. The van der Waals surface area contributed by atoms with Gasteiger partial charge in [0.15, 0.2) is 5.82 Å². The lowest BCUT2D eigenvalue weighted by Crippen LogP contribution is -2.11. The van der Waals surface area contributed by atoms with Crippen LogP contribution in [0.15, 0.2) is 47.3 Å². The summed E-state index contributed by atoms with van der Waals surface area (Å²) < 4.78 is 1.58. The van der Waals surface area contributed by atoms with E-state index < -0.39 is 0 Å². The standard InChI is InChI=1S/C13H11N3O/c1-9-4-2-5-10(8-9)13-15-14-11-6-3-7-12(17)16(11)13/h2-8,14H,1H3. The van der Waals surface area contributed by atoms with Crippen LogP contribution in [0.5, 0.6) is 0 Å². The molecule has 0 aliphatic heterocycles. The molecular weight excluding hydrogens is 214 g/mol. The fourth-order valence-corrected chi connectivity index (χ4v) is 1.93. The van der Waals surface area contributed by atoms with Crippen LogP contribution in [-0.4, -0.2) is 14.6 Å². The minimum atomic E-state index is -0.0762. The van der Waals surface area contributed by atoms with Gasteiger partial charge in [0.25, 0.3) is 5.56 Å². The zero-order chi connectivity index (χ0) is 11.8. The van der Waals surface area contributed by atoms with Crippen LogP contribution in [0.25, 0.3) is 17.0 Å². The molecule has 0 fully saturated rings. The van der Waals surface area contributed by atoms with Gasteiger partial charge in [0.05, 0.1) is 0 Å². The van der Waals surface area contributed by atoms with E-state index in [0.29, 0.717) is 11.5 Å². The minimum absolute atomic E-state index is 0.0762. The van der Waals surface area contributed by atoms with Crippen molar-refractivity contribution in [2.75, 3.05) is 0 Å². The number of benzene rings is 1. The molecule has 3 rings (SSSR count). The van der Waals surface area contributed by atoms with Gasteiger partial charge >= 0.3 is 0 Å². The lowest BCUT2D eigenvalue weighted by Gasteiger charge is -2.00. The number of nitrogens with one attached hydrogen (secondary N) is 1. The molecule has 0 radical (unpaired) electrons. The summed E-state index contributed by atoms with van der Waals surface area (Å²) in [5.74, 6) is 0.648. The lowest BCUT2D eigenvalue weighted by molar-refractivity contribution is 1.09. The molecule has 0 saturated carbocycles. The molecule has 1 N–H and O–H groups in total. The van der Waals surface area contributed by atoms with Crippen LogP contribution in [0.3, 0.4) is 0 Å². The second kappa shape index (κ2) is 3.59. The van der Waals surface area contributed by atoms with E-state index in [-0.39, 0.29) is 5.56 Å². The molecule has 0 spiro atoms. The Labute approximate surface area is 97.5 Å². The highest BCUT2D eigenvalue weighted by Gasteiger charge is 2.08. The molecule has 17 heavy (non-hydrogen) atoms. The Bertz CT molecular complexity index is 740. The Kier molecular flexibility index (Phi) is 2.08. The number of nitrogens with zero attached hydrogens (tertiary/aromatic N) is 2. The molecule has 0 amide bonds. The first-order chi connectivity index (χ1) is 8.25. The largest absolute Gasteiger partial charge is 0.269 e. The second-order valence-corrected chi connectivity index (χ2v) is 4.00. The molecule has 2 aromatic heterocycles. The maximum atomic E-state index is 11.8. The van der Waals surface area contributed by atoms with Gasteiger partial charge in [0, 0.05) is 11.6 Å². The normalized spacial score (nSPS) is 10.9. The van der Waals surface area contributed by atoms with E-state index in [1.54, 1.807) is 10.5 Å². The van der Waals surface area contributed by atoms with Gasteiger partial charge < -0.3 is 0 Å². The van der Waals surface area contributed by atoms with Crippen molar-refractivity contribution < 1.29 is 0 Å². The highest BCUT2D eigenvalue weighted by molar-refractivity contribution is 5.60. The Hall–Kier alpha value is -2.36. The summed E-state index contributed by atoms with van der Waals surface area (Å²) in [6.45, 7) is 2.01. The third kappa shape index (κ3) is 1.54. The van der Waals surface area contributed by atoms with E-state index >= 15 is 0 Å². The number of H-pyrrole nitrogens is 1. The van der Waals surface area contributed by atoms with Gasteiger partial charge in [-0.1, -0.05) is 29.8 Å². The van der Waals surface area contributed by atoms with Gasteiger partial charge in [-0.2, -0.15) is 5.10 Å². The van der Waals surface area contributed by atoms with Gasteiger partial charge in [0.2, 0.25) is 0 Å². The first-order valence-corrected chi connectivity index (χ1v) is 5.39. The zero-order valence-corrected chi connectivity index (χ0v) is 9.34. The predicted octanol–water partition coefficient (Wildman–Crippen LogP) is 2.00. The maximum Gasteiger partial charge on any atom is 0.257 e. The molecule has 2 heterocycles. The molecular formula is C13H11N3O. The van der Waals surface area contributed by atoms with Gasteiger partial charge in [-0.25, -0.2) is 4.40 Å². The molecule has 0 aliphatic rings. The molecule has 0 aliphatic carbocycles. The van der Waals surface area contributed by atoms with Crippen LogP contribution >= 0.6 is 0 Å². The smallest absolute Gasteiger partial charge is 0.257 e.